The number of rotatable bonds is 1. The summed E-state index contributed by atoms with van der Waals surface area (Å²) in [4.78, 5) is 7.53. The summed E-state index contributed by atoms with van der Waals surface area (Å²) >= 11 is 0. The van der Waals surface area contributed by atoms with E-state index in [4.69, 9.17) is 5.41 Å². The highest BCUT2D eigenvalue weighted by atomic mass is 19.1. The summed E-state index contributed by atoms with van der Waals surface area (Å²) in [6, 6.07) is 2.74. The van der Waals surface area contributed by atoms with Crippen molar-refractivity contribution in [2.75, 3.05) is 0 Å². The normalized spacial score (nSPS) is 9.46. The lowest BCUT2D eigenvalue weighted by Crippen LogP contribution is -2.03. The topological polar surface area (TPSA) is 49.1 Å². The lowest BCUT2D eigenvalue weighted by Gasteiger charge is -1.98. The SMILES string of the molecule is CC(C)=NC(=N)c1ncccc1F. The van der Waals surface area contributed by atoms with E-state index in [1.54, 1.807) is 13.8 Å². The van der Waals surface area contributed by atoms with Crippen molar-refractivity contribution in [1.82, 2.24) is 4.98 Å². The minimum Gasteiger partial charge on any atom is -0.281 e. The van der Waals surface area contributed by atoms with Crippen LogP contribution in [0.15, 0.2) is 23.3 Å². The van der Waals surface area contributed by atoms with Crippen molar-refractivity contribution >= 4 is 11.5 Å². The third-order valence-electron chi connectivity index (χ3n) is 1.32. The molecule has 3 nitrogen and oxygen atoms in total. The second-order valence-electron chi connectivity index (χ2n) is 2.74. The molecule has 0 radical (unpaired) electrons. The van der Waals surface area contributed by atoms with E-state index in [9.17, 15) is 4.39 Å². The van der Waals surface area contributed by atoms with Gasteiger partial charge in [-0.1, -0.05) is 0 Å². The van der Waals surface area contributed by atoms with Gasteiger partial charge in [0.25, 0.3) is 0 Å². The van der Waals surface area contributed by atoms with E-state index >= 15 is 0 Å². The highest BCUT2D eigenvalue weighted by molar-refractivity contribution is 6.03. The zero-order valence-electron chi connectivity index (χ0n) is 7.50. The van der Waals surface area contributed by atoms with Gasteiger partial charge >= 0.3 is 0 Å². The van der Waals surface area contributed by atoms with Gasteiger partial charge in [-0.2, -0.15) is 0 Å². The van der Waals surface area contributed by atoms with E-state index in [2.05, 4.69) is 9.98 Å². The third kappa shape index (κ3) is 2.43. The van der Waals surface area contributed by atoms with Gasteiger partial charge in [-0.3, -0.25) is 5.41 Å². The van der Waals surface area contributed by atoms with Crippen molar-refractivity contribution in [2.24, 2.45) is 4.99 Å². The molecule has 0 fully saturated rings. The minimum absolute atomic E-state index is 0.0105. The fraction of sp³-hybridized carbons (Fsp3) is 0.222. The number of aliphatic imine (C=N–C) groups is 1. The predicted molar refractivity (Wildman–Crippen MR) is 49.8 cm³/mol. The number of amidine groups is 1. The molecular weight excluding hydrogens is 169 g/mol. The molecule has 1 heterocycles. The molecule has 13 heavy (non-hydrogen) atoms. The molecule has 0 amide bonds. The zero-order chi connectivity index (χ0) is 9.84. The predicted octanol–water partition coefficient (Wildman–Crippen LogP) is 2.03. The fourth-order valence-electron chi connectivity index (χ4n) is 0.836. The maximum atomic E-state index is 13.0. The molecule has 0 atom stereocenters. The Labute approximate surface area is 75.9 Å². The van der Waals surface area contributed by atoms with Crippen LogP contribution in [0, 0.1) is 11.2 Å². The van der Waals surface area contributed by atoms with Crippen molar-refractivity contribution in [3.63, 3.8) is 0 Å². The molecule has 4 heteroatoms. The molecule has 68 valence electrons. The summed E-state index contributed by atoms with van der Waals surface area (Å²) in [7, 11) is 0. The molecule has 0 aromatic carbocycles. The lowest BCUT2D eigenvalue weighted by atomic mass is 10.3. The first kappa shape index (κ1) is 9.51. The molecule has 0 saturated heterocycles. The summed E-state index contributed by atoms with van der Waals surface area (Å²) < 4.78 is 13.0. The Balaban J connectivity index is 3.03. The quantitative estimate of drug-likeness (QED) is 0.520. The van der Waals surface area contributed by atoms with Crippen molar-refractivity contribution in [3.05, 3.63) is 29.8 Å². The lowest BCUT2D eigenvalue weighted by molar-refractivity contribution is 0.617. The van der Waals surface area contributed by atoms with Crippen LogP contribution < -0.4 is 0 Å². The van der Waals surface area contributed by atoms with Gasteiger partial charge < -0.3 is 0 Å². The molecule has 0 aliphatic heterocycles. The molecule has 0 spiro atoms. The van der Waals surface area contributed by atoms with Gasteiger partial charge in [0.2, 0.25) is 0 Å². The van der Waals surface area contributed by atoms with E-state index in [-0.39, 0.29) is 11.5 Å². The van der Waals surface area contributed by atoms with Gasteiger partial charge in [0.1, 0.15) is 5.69 Å². The van der Waals surface area contributed by atoms with Crippen molar-refractivity contribution in [1.29, 1.82) is 5.41 Å². The molecule has 0 saturated carbocycles. The Morgan fingerprint density at radius 1 is 1.54 bits per heavy atom. The Kier molecular flexibility index (Phi) is 2.84. The third-order valence-corrected chi connectivity index (χ3v) is 1.32. The Morgan fingerprint density at radius 2 is 2.23 bits per heavy atom. The van der Waals surface area contributed by atoms with Gasteiger partial charge in [-0.05, 0) is 26.0 Å². The molecule has 0 bridgehead atoms. The molecule has 0 aliphatic rings. The van der Waals surface area contributed by atoms with E-state index in [0.29, 0.717) is 5.71 Å². The molecule has 1 aromatic rings. The van der Waals surface area contributed by atoms with Crippen LogP contribution >= 0.6 is 0 Å². The van der Waals surface area contributed by atoms with Crippen LogP contribution in [0.5, 0.6) is 0 Å². The molecule has 1 N–H and O–H groups in total. The fourth-order valence-corrected chi connectivity index (χ4v) is 0.836. The number of hydrogen-bond acceptors (Lipinski definition) is 2. The Morgan fingerprint density at radius 3 is 2.77 bits per heavy atom. The number of aromatic nitrogens is 1. The van der Waals surface area contributed by atoms with Gasteiger partial charge in [0.15, 0.2) is 11.7 Å². The van der Waals surface area contributed by atoms with Crippen LogP contribution in [0.25, 0.3) is 0 Å². The van der Waals surface area contributed by atoms with Gasteiger partial charge in [-0.15, -0.1) is 0 Å². The summed E-state index contributed by atoms with van der Waals surface area (Å²) in [6.07, 6.45) is 1.44. The van der Waals surface area contributed by atoms with Crippen LogP contribution in [0.1, 0.15) is 19.5 Å². The number of pyridine rings is 1. The molecular formula is C9H10FN3. The van der Waals surface area contributed by atoms with Crippen LogP contribution in [0.4, 0.5) is 4.39 Å². The highest BCUT2D eigenvalue weighted by Crippen LogP contribution is 2.03. The van der Waals surface area contributed by atoms with Crippen molar-refractivity contribution in [3.8, 4) is 0 Å². The van der Waals surface area contributed by atoms with Crippen molar-refractivity contribution in [2.45, 2.75) is 13.8 Å². The monoisotopic (exact) mass is 179 g/mol. The van der Waals surface area contributed by atoms with E-state index in [0.717, 1.165) is 0 Å². The Bertz CT molecular complexity index is 354. The van der Waals surface area contributed by atoms with Gasteiger partial charge in [0, 0.05) is 11.9 Å². The van der Waals surface area contributed by atoms with E-state index in [1.807, 2.05) is 0 Å². The first-order valence-corrected chi connectivity index (χ1v) is 3.82. The summed E-state index contributed by atoms with van der Waals surface area (Å²) in [5, 5.41) is 7.41. The maximum absolute atomic E-state index is 13.0. The zero-order valence-corrected chi connectivity index (χ0v) is 7.50. The van der Waals surface area contributed by atoms with Crippen LogP contribution in [-0.4, -0.2) is 16.5 Å². The smallest absolute Gasteiger partial charge is 0.173 e. The molecule has 0 aliphatic carbocycles. The number of nitrogens with one attached hydrogen (secondary N) is 1. The van der Waals surface area contributed by atoms with Crippen LogP contribution in [0.2, 0.25) is 0 Å². The van der Waals surface area contributed by atoms with Crippen LogP contribution in [-0.2, 0) is 0 Å². The van der Waals surface area contributed by atoms with E-state index in [1.165, 1.54) is 18.3 Å². The second-order valence-corrected chi connectivity index (χ2v) is 2.74. The first-order chi connectivity index (χ1) is 6.11. The largest absolute Gasteiger partial charge is 0.281 e. The standard InChI is InChI=1S/C9H10FN3/c1-6(2)13-9(11)8-7(10)4-3-5-12-8/h3-5,11H,1-2H3. The average Bonchev–Trinajstić information content (AvgIpc) is 2.03. The number of hydrogen-bond donors (Lipinski definition) is 1. The van der Waals surface area contributed by atoms with E-state index < -0.39 is 5.82 Å². The average molecular weight is 179 g/mol. The Hall–Kier alpha value is -1.58. The van der Waals surface area contributed by atoms with Crippen molar-refractivity contribution < 1.29 is 4.39 Å². The highest BCUT2D eigenvalue weighted by Gasteiger charge is 2.06. The number of halogens is 1. The summed E-state index contributed by atoms with van der Waals surface area (Å²) in [5.41, 5.74) is 0.693. The number of nitrogens with zero attached hydrogens (tertiary/aromatic N) is 2. The summed E-state index contributed by atoms with van der Waals surface area (Å²) in [5.74, 6) is -0.657. The van der Waals surface area contributed by atoms with Gasteiger partial charge in [0.05, 0.1) is 0 Å². The maximum Gasteiger partial charge on any atom is 0.173 e. The molecule has 1 rings (SSSR count). The van der Waals surface area contributed by atoms with Gasteiger partial charge in [-0.25, -0.2) is 14.4 Å². The van der Waals surface area contributed by atoms with Crippen LogP contribution in [0.3, 0.4) is 0 Å². The second kappa shape index (κ2) is 3.89. The molecule has 1 aromatic heterocycles. The minimum atomic E-state index is -0.516. The first-order valence-electron chi connectivity index (χ1n) is 3.82. The summed E-state index contributed by atoms with van der Waals surface area (Å²) in [6.45, 7) is 3.49. The molecule has 0 unspecified atom stereocenters.